The minimum absolute atomic E-state index is 0.133. The van der Waals surface area contributed by atoms with E-state index in [0.29, 0.717) is 31.5 Å². The minimum Gasteiger partial charge on any atom is -0.481 e. The summed E-state index contributed by atoms with van der Waals surface area (Å²) in [6, 6.07) is 4.70. The molecule has 1 aromatic carbocycles. The van der Waals surface area contributed by atoms with E-state index < -0.39 is 18.0 Å². The molecule has 2 aromatic rings. The number of halogens is 2. The highest BCUT2D eigenvalue weighted by molar-refractivity contribution is 7.16. The van der Waals surface area contributed by atoms with Gasteiger partial charge in [0.05, 0.1) is 17.1 Å². The van der Waals surface area contributed by atoms with Crippen molar-refractivity contribution in [1.82, 2.24) is 4.98 Å². The van der Waals surface area contributed by atoms with Crippen molar-refractivity contribution in [2.45, 2.75) is 26.4 Å². The average molecular weight is 389 g/mol. The number of benzene rings is 1. The minimum atomic E-state index is -0.950. The summed E-state index contributed by atoms with van der Waals surface area (Å²) in [5, 5.41) is 12.5. The molecule has 1 heterocycles. The van der Waals surface area contributed by atoms with Crippen molar-refractivity contribution >= 4 is 51.5 Å². The zero-order valence-electron chi connectivity index (χ0n) is 12.8. The molecular weight excluding hydrogens is 375 g/mol. The molecule has 0 aliphatic carbocycles. The summed E-state index contributed by atoms with van der Waals surface area (Å²) >= 11 is 12.9. The standard InChI is InChI=1S/C15H14Cl2N2O4S/c1-7-12(6-13(20)21)24-15(18-7)19-14(22)8(2)23-11-4-3-9(16)5-10(11)17/h3-5,8H,6H2,1-2H3,(H,20,21)(H,18,19,22). The van der Waals surface area contributed by atoms with Crippen molar-refractivity contribution in [3.8, 4) is 5.75 Å². The molecule has 1 unspecified atom stereocenters. The third-order valence-electron chi connectivity index (χ3n) is 3.00. The summed E-state index contributed by atoms with van der Waals surface area (Å²) < 4.78 is 5.52. The fourth-order valence-corrected chi connectivity index (χ4v) is 3.21. The number of aromatic nitrogens is 1. The topological polar surface area (TPSA) is 88.5 Å². The second-order valence-electron chi connectivity index (χ2n) is 4.92. The lowest BCUT2D eigenvalue weighted by atomic mass is 10.3. The van der Waals surface area contributed by atoms with Crippen LogP contribution in [0.1, 0.15) is 17.5 Å². The molecule has 6 nitrogen and oxygen atoms in total. The maximum Gasteiger partial charge on any atom is 0.308 e. The van der Waals surface area contributed by atoms with Crippen molar-refractivity contribution in [2.24, 2.45) is 0 Å². The fraction of sp³-hybridized carbons (Fsp3) is 0.267. The van der Waals surface area contributed by atoms with Gasteiger partial charge in [-0.15, -0.1) is 11.3 Å². The summed E-state index contributed by atoms with van der Waals surface area (Å²) in [5.74, 6) is -1.03. The molecular formula is C15H14Cl2N2O4S. The van der Waals surface area contributed by atoms with Crippen LogP contribution in [0.2, 0.25) is 10.0 Å². The average Bonchev–Trinajstić information content (AvgIpc) is 2.80. The Bertz CT molecular complexity index is 779. The van der Waals surface area contributed by atoms with Gasteiger partial charge in [0.25, 0.3) is 5.91 Å². The lowest BCUT2D eigenvalue weighted by Gasteiger charge is -2.14. The molecule has 1 aromatic heterocycles. The molecule has 9 heteroatoms. The van der Waals surface area contributed by atoms with Crippen LogP contribution in [0, 0.1) is 6.92 Å². The van der Waals surface area contributed by atoms with Gasteiger partial charge in [-0.05, 0) is 32.0 Å². The summed E-state index contributed by atoms with van der Waals surface area (Å²) in [6.07, 6.45) is -0.956. The molecule has 0 spiro atoms. The van der Waals surface area contributed by atoms with Gasteiger partial charge in [-0.25, -0.2) is 4.98 Å². The lowest BCUT2D eigenvalue weighted by molar-refractivity contribution is -0.136. The highest BCUT2D eigenvalue weighted by atomic mass is 35.5. The van der Waals surface area contributed by atoms with Crippen LogP contribution in [0.25, 0.3) is 0 Å². The SMILES string of the molecule is Cc1nc(NC(=O)C(C)Oc2ccc(Cl)cc2Cl)sc1CC(=O)O. The predicted octanol–water partition coefficient (Wildman–Crippen LogP) is 3.79. The molecule has 0 fully saturated rings. The maximum absolute atomic E-state index is 12.2. The Morgan fingerprint density at radius 1 is 1.42 bits per heavy atom. The van der Waals surface area contributed by atoms with Crippen LogP contribution >= 0.6 is 34.5 Å². The Morgan fingerprint density at radius 3 is 2.75 bits per heavy atom. The number of aliphatic carboxylic acids is 1. The van der Waals surface area contributed by atoms with Crippen molar-refractivity contribution in [2.75, 3.05) is 5.32 Å². The van der Waals surface area contributed by atoms with E-state index in [1.165, 1.54) is 6.07 Å². The molecule has 1 atom stereocenters. The number of hydrogen-bond acceptors (Lipinski definition) is 5. The number of nitrogens with zero attached hydrogens (tertiary/aromatic N) is 1. The zero-order valence-corrected chi connectivity index (χ0v) is 15.1. The first-order chi connectivity index (χ1) is 11.3. The predicted molar refractivity (Wildman–Crippen MR) is 93.4 cm³/mol. The number of nitrogens with one attached hydrogen (secondary N) is 1. The van der Waals surface area contributed by atoms with Gasteiger partial charge in [0.2, 0.25) is 0 Å². The van der Waals surface area contributed by atoms with E-state index in [4.69, 9.17) is 33.0 Å². The van der Waals surface area contributed by atoms with Gasteiger partial charge in [0.15, 0.2) is 11.2 Å². The van der Waals surface area contributed by atoms with Gasteiger partial charge in [-0.3, -0.25) is 14.9 Å². The maximum atomic E-state index is 12.2. The Balaban J connectivity index is 2.02. The summed E-state index contributed by atoms with van der Waals surface area (Å²) in [5.41, 5.74) is 0.576. The number of hydrogen-bond donors (Lipinski definition) is 2. The normalized spacial score (nSPS) is 11.8. The van der Waals surface area contributed by atoms with Gasteiger partial charge >= 0.3 is 5.97 Å². The zero-order chi connectivity index (χ0) is 17.9. The van der Waals surface area contributed by atoms with Gasteiger partial charge in [0, 0.05) is 9.90 Å². The van der Waals surface area contributed by atoms with Crippen molar-refractivity contribution < 1.29 is 19.4 Å². The van der Waals surface area contributed by atoms with Crippen LogP contribution in [0.5, 0.6) is 5.75 Å². The van der Waals surface area contributed by atoms with E-state index in [2.05, 4.69) is 10.3 Å². The van der Waals surface area contributed by atoms with Gasteiger partial charge in [0.1, 0.15) is 5.75 Å². The monoisotopic (exact) mass is 388 g/mol. The first-order valence-electron chi connectivity index (χ1n) is 6.87. The molecule has 1 amide bonds. The number of thiazole rings is 1. The van der Waals surface area contributed by atoms with Crippen LogP contribution < -0.4 is 10.1 Å². The highest BCUT2D eigenvalue weighted by Crippen LogP contribution is 2.29. The van der Waals surface area contributed by atoms with Gasteiger partial charge < -0.3 is 9.84 Å². The van der Waals surface area contributed by atoms with Crippen LogP contribution in [0.4, 0.5) is 5.13 Å². The number of carbonyl (C=O) groups is 2. The molecule has 2 N–H and O–H groups in total. The van der Waals surface area contributed by atoms with Crippen molar-refractivity contribution in [1.29, 1.82) is 0 Å². The lowest BCUT2D eigenvalue weighted by Crippen LogP contribution is -2.30. The van der Waals surface area contributed by atoms with Gasteiger partial charge in [-0.1, -0.05) is 23.2 Å². The largest absolute Gasteiger partial charge is 0.481 e. The number of carboxylic acids is 1. The first kappa shape index (κ1) is 18.5. The number of carbonyl (C=O) groups excluding carboxylic acids is 1. The molecule has 24 heavy (non-hydrogen) atoms. The molecule has 0 saturated heterocycles. The molecule has 0 saturated carbocycles. The first-order valence-corrected chi connectivity index (χ1v) is 8.44. The second kappa shape index (κ2) is 7.83. The van der Waals surface area contributed by atoms with E-state index in [1.54, 1.807) is 26.0 Å². The van der Waals surface area contributed by atoms with Crippen molar-refractivity contribution in [3.05, 3.63) is 38.8 Å². The van der Waals surface area contributed by atoms with Crippen LogP contribution in [0.3, 0.4) is 0 Å². The number of anilines is 1. The Hall–Kier alpha value is -1.83. The molecule has 128 valence electrons. The molecule has 0 aliphatic rings. The third-order valence-corrected chi connectivity index (χ3v) is 4.60. The summed E-state index contributed by atoms with van der Waals surface area (Å²) in [7, 11) is 0. The van der Waals surface area contributed by atoms with E-state index >= 15 is 0 Å². The summed E-state index contributed by atoms with van der Waals surface area (Å²) in [4.78, 5) is 27.7. The van der Waals surface area contributed by atoms with Crippen molar-refractivity contribution in [3.63, 3.8) is 0 Å². The highest BCUT2D eigenvalue weighted by Gasteiger charge is 2.19. The molecule has 0 aliphatic heterocycles. The number of aryl methyl sites for hydroxylation is 1. The number of rotatable bonds is 6. The summed E-state index contributed by atoms with van der Waals surface area (Å²) in [6.45, 7) is 3.26. The number of ether oxygens (including phenoxy) is 1. The molecule has 0 radical (unpaired) electrons. The van der Waals surface area contributed by atoms with E-state index in [-0.39, 0.29) is 6.42 Å². The smallest absolute Gasteiger partial charge is 0.308 e. The van der Waals surface area contributed by atoms with Crippen LogP contribution in [0.15, 0.2) is 18.2 Å². The Kier molecular flexibility index (Phi) is 6.04. The Labute approximate surface area is 152 Å². The molecule has 2 rings (SSSR count). The second-order valence-corrected chi connectivity index (χ2v) is 6.85. The fourth-order valence-electron chi connectivity index (χ4n) is 1.80. The van der Waals surface area contributed by atoms with E-state index in [1.807, 2.05) is 0 Å². The van der Waals surface area contributed by atoms with Crippen LogP contribution in [-0.4, -0.2) is 28.1 Å². The van der Waals surface area contributed by atoms with E-state index in [0.717, 1.165) is 11.3 Å². The number of amides is 1. The molecule has 0 bridgehead atoms. The number of carboxylic acid groups (broad SMARTS) is 1. The van der Waals surface area contributed by atoms with E-state index in [9.17, 15) is 9.59 Å². The Morgan fingerprint density at radius 2 is 2.12 bits per heavy atom. The quantitative estimate of drug-likeness (QED) is 0.785. The van der Waals surface area contributed by atoms with Crippen LogP contribution in [-0.2, 0) is 16.0 Å². The van der Waals surface area contributed by atoms with Gasteiger partial charge in [-0.2, -0.15) is 0 Å². The third kappa shape index (κ3) is 4.83.